The van der Waals surface area contributed by atoms with Crippen molar-refractivity contribution in [3.63, 3.8) is 0 Å². The second kappa shape index (κ2) is 5.60. The molecule has 2 heterocycles. The Morgan fingerprint density at radius 3 is 3.15 bits per heavy atom. The molecule has 106 valence electrons. The molecule has 6 heteroatoms. The summed E-state index contributed by atoms with van der Waals surface area (Å²) in [5.74, 6) is -0.0865. The lowest BCUT2D eigenvalue weighted by Gasteiger charge is -2.27. The van der Waals surface area contributed by atoms with E-state index in [-0.39, 0.29) is 12.0 Å². The molecule has 3 rings (SSSR count). The van der Waals surface area contributed by atoms with Gasteiger partial charge in [-0.2, -0.15) is 5.10 Å². The molecule has 20 heavy (non-hydrogen) atoms. The number of H-pyrrole nitrogens is 1. The van der Waals surface area contributed by atoms with Crippen LogP contribution in [-0.4, -0.2) is 60.4 Å². The Morgan fingerprint density at radius 2 is 2.35 bits per heavy atom. The van der Waals surface area contributed by atoms with Gasteiger partial charge in [-0.1, -0.05) is 18.2 Å². The number of likely N-dealkylation sites (N-methyl/N-ethyl adjacent to an activating group) is 1. The molecule has 2 N–H and O–H groups in total. The zero-order valence-electron chi connectivity index (χ0n) is 11.4. The van der Waals surface area contributed by atoms with E-state index in [1.807, 2.05) is 24.3 Å². The summed E-state index contributed by atoms with van der Waals surface area (Å²) < 4.78 is 5.62. The molecule has 6 nitrogen and oxygen atoms in total. The summed E-state index contributed by atoms with van der Waals surface area (Å²) in [5.41, 5.74) is 1.34. The standard InChI is InChI=1S/C14H18N4O2/c1-18(9-10-8-15-6-7-20-10)14(19)13-11-4-2-3-5-12(11)16-17-13/h2-5,10,15H,6-9H2,1H3,(H,16,17). The number of rotatable bonds is 3. The van der Waals surface area contributed by atoms with E-state index < -0.39 is 0 Å². The van der Waals surface area contributed by atoms with Crippen molar-refractivity contribution in [3.8, 4) is 0 Å². The van der Waals surface area contributed by atoms with Crippen molar-refractivity contribution in [2.24, 2.45) is 0 Å². The van der Waals surface area contributed by atoms with Gasteiger partial charge in [0.05, 0.1) is 18.2 Å². The first-order valence-corrected chi connectivity index (χ1v) is 6.76. The minimum Gasteiger partial charge on any atom is -0.374 e. The minimum absolute atomic E-state index is 0.0444. The molecule has 1 aromatic heterocycles. The van der Waals surface area contributed by atoms with Gasteiger partial charge in [0.2, 0.25) is 0 Å². The molecule has 0 saturated carbocycles. The highest BCUT2D eigenvalue weighted by atomic mass is 16.5. The second-order valence-electron chi connectivity index (χ2n) is 5.00. The molecule has 0 spiro atoms. The number of carbonyl (C=O) groups excluding carboxylic acids is 1. The monoisotopic (exact) mass is 274 g/mol. The van der Waals surface area contributed by atoms with Gasteiger partial charge in [-0.05, 0) is 6.07 Å². The Labute approximate surface area is 117 Å². The van der Waals surface area contributed by atoms with E-state index in [4.69, 9.17) is 4.74 Å². The number of para-hydroxylation sites is 1. The van der Waals surface area contributed by atoms with Crippen molar-refractivity contribution in [2.75, 3.05) is 33.3 Å². The Kier molecular flexibility index (Phi) is 3.66. The lowest BCUT2D eigenvalue weighted by Crippen LogP contribution is -2.45. The van der Waals surface area contributed by atoms with Gasteiger partial charge < -0.3 is 15.0 Å². The number of morpholine rings is 1. The Hall–Kier alpha value is -1.92. The highest BCUT2D eigenvalue weighted by Gasteiger charge is 2.22. The molecule has 1 amide bonds. The van der Waals surface area contributed by atoms with E-state index >= 15 is 0 Å². The number of ether oxygens (including phenoxy) is 1. The van der Waals surface area contributed by atoms with Gasteiger partial charge in [0.25, 0.3) is 5.91 Å². The van der Waals surface area contributed by atoms with E-state index in [0.29, 0.717) is 18.8 Å². The van der Waals surface area contributed by atoms with Crippen LogP contribution in [0.5, 0.6) is 0 Å². The summed E-state index contributed by atoms with van der Waals surface area (Å²) in [7, 11) is 1.78. The third kappa shape index (κ3) is 2.52. The van der Waals surface area contributed by atoms with Crippen LogP contribution < -0.4 is 5.32 Å². The molecule has 1 unspecified atom stereocenters. The quantitative estimate of drug-likeness (QED) is 0.861. The van der Waals surface area contributed by atoms with Gasteiger partial charge in [-0.3, -0.25) is 9.89 Å². The van der Waals surface area contributed by atoms with Gasteiger partial charge in [0.1, 0.15) is 0 Å². The van der Waals surface area contributed by atoms with Gasteiger partial charge in [-0.15, -0.1) is 0 Å². The lowest BCUT2D eigenvalue weighted by atomic mass is 10.2. The van der Waals surface area contributed by atoms with Crippen LogP contribution in [-0.2, 0) is 4.74 Å². The SMILES string of the molecule is CN(CC1CNCCO1)C(=O)c1n[nH]c2ccccc12. The number of fused-ring (bicyclic) bond motifs is 1. The maximum Gasteiger partial charge on any atom is 0.274 e. The normalized spacial score (nSPS) is 19.1. The van der Waals surface area contributed by atoms with Crippen molar-refractivity contribution in [2.45, 2.75) is 6.10 Å². The van der Waals surface area contributed by atoms with E-state index in [1.165, 1.54) is 0 Å². The molecule has 0 aliphatic carbocycles. The number of hydrogen-bond donors (Lipinski definition) is 2. The molecule has 1 atom stereocenters. The highest BCUT2D eigenvalue weighted by Crippen LogP contribution is 2.16. The van der Waals surface area contributed by atoms with Crippen LogP contribution in [0.1, 0.15) is 10.5 Å². The maximum absolute atomic E-state index is 12.5. The largest absolute Gasteiger partial charge is 0.374 e. The summed E-state index contributed by atoms with van der Waals surface area (Å²) in [6, 6.07) is 7.63. The van der Waals surface area contributed by atoms with Gasteiger partial charge >= 0.3 is 0 Å². The fourth-order valence-corrected chi connectivity index (χ4v) is 2.43. The molecule has 1 saturated heterocycles. The number of benzene rings is 1. The highest BCUT2D eigenvalue weighted by molar-refractivity contribution is 6.04. The van der Waals surface area contributed by atoms with Crippen LogP contribution >= 0.6 is 0 Å². The van der Waals surface area contributed by atoms with E-state index in [1.54, 1.807) is 11.9 Å². The first kappa shape index (κ1) is 13.1. The molecule has 1 aliphatic rings. The molecule has 0 radical (unpaired) electrons. The van der Waals surface area contributed by atoms with Gasteiger partial charge in [0, 0.05) is 32.1 Å². The molecule has 1 aliphatic heterocycles. The summed E-state index contributed by atoms with van der Waals surface area (Å²) >= 11 is 0. The van der Waals surface area contributed by atoms with E-state index in [2.05, 4.69) is 15.5 Å². The Balaban J connectivity index is 1.74. The molecule has 1 fully saturated rings. The summed E-state index contributed by atoms with van der Waals surface area (Å²) in [5, 5.41) is 11.1. The minimum atomic E-state index is -0.0865. The van der Waals surface area contributed by atoms with Crippen molar-refractivity contribution >= 4 is 16.8 Å². The second-order valence-corrected chi connectivity index (χ2v) is 5.00. The predicted molar refractivity (Wildman–Crippen MR) is 75.7 cm³/mol. The number of aromatic nitrogens is 2. The zero-order chi connectivity index (χ0) is 13.9. The number of nitrogens with one attached hydrogen (secondary N) is 2. The van der Waals surface area contributed by atoms with E-state index in [0.717, 1.165) is 24.0 Å². The zero-order valence-corrected chi connectivity index (χ0v) is 11.4. The number of hydrogen-bond acceptors (Lipinski definition) is 4. The fourth-order valence-electron chi connectivity index (χ4n) is 2.43. The number of carbonyl (C=O) groups is 1. The molecule has 0 bridgehead atoms. The van der Waals surface area contributed by atoms with Crippen molar-refractivity contribution in [3.05, 3.63) is 30.0 Å². The number of nitrogens with zero attached hydrogens (tertiary/aromatic N) is 2. The average Bonchev–Trinajstić information content (AvgIpc) is 2.91. The third-order valence-electron chi connectivity index (χ3n) is 3.50. The number of amides is 1. The first-order chi connectivity index (χ1) is 9.75. The maximum atomic E-state index is 12.5. The predicted octanol–water partition coefficient (Wildman–Crippen LogP) is 0.623. The van der Waals surface area contributed by atoms with Crippen LogP contribution in [0.3, 0.4) is 0 Å². The van der Waals surface area contributed by atoms with Crippen LogP contribution in [0.25, 0.3) is 10.9 Å². The Bertz CT molecular complexity index is 604. The average molecular weight is 274 g/mol. The van der Waals surface area contributed by atoms with Crippen LogP contribution in [0.15, 0.2) is 24.3 Å². The molecular formula is C14H18N4O2. The lowest BCUT2D eigenvalue weighted by molar-refractivity contribution is 0.0103. The topological polar surface area (TPSA) is 70.2 Å². The summed E-state index contributed by atoms with van der Waals surface area (Å²) in [6.45, 7) is 2.90. The Morgan fingerprint density at radius 1 is 1.50 bits per heavy atom. The smallest absolute Gasteiger partial charge is 0.274 e. The molecule has 1 aromatic carbocycles. The van der Waals surface area contributed by atoms with Crippen LogP contribution in [0.4, 0.5) is 0 Å². The first-order valence-electron chi connectivity index (χ1n) is 6.76. The molecular weight excluding hydrogens is 256 g/mol. The summed E-state index contributed by atoms with van der Waals surface area (Å²) in [4.78, 5) is 14.1. The number of aromatic amines is 1. The van der Waals surface area contributed by atoms with Crippen LogP contribution in [0.2, 0.25) is 0 Å². The van der Waals surface area contributed by atoms with E-state index in [9.17, 15) is 4.79 Å². The van der Waals surface area contributed by atoms with Gasteiger partial charge in [-0.25, -0.2) is 0 Å². The van der Waals surface area contributed by atoms with Gasteiger partial charge in [0.15, 0.2) is 5.69 Å². The van der Waals surface area contributed by atoms with Crippen molar-refractivity contribution in [1.29, 1.82) is 0 Å². The van der Waals surface area contributed by atoms with Crippen molar-refractivity contribution < 1.29 is 9.53 Å². The van der Waals surface area contributed by atoms with Crippen molar-refractivity contribution in [1.82, 2.24) is 20.4 Å². The summed E-state index contributed by atoms with van der Waals surface area (Å²) in [6.07, 6.45) is 0.0444. The fraction of sp³-hybridized carbons (Fsp3) is 0.429. The molecule has 2 aromatic rings. The third-order valence-corrected chi connectivity index (χ3v) is 3.50. The van der Waals surface area contributed by atoms with Crippen LogP contribution in [0, 0.1) is 0 Å².